The number of aromatic nitrogens is 1. The van der Waals surface area contributed by atoms with Crippen molar-refractivity contribution in [1.82, 2.24) is 4.98 Å². The van der Waals surface area contributed by atoms with Gasteiger partial charge in [-0.15, -0.1) is 0 Å². The maximum absolute atomic E-state index is 12.5. The quantitative estimate of drug-likeness (QED) is 0.632. The summed E-state index contributed by atoms with van der Waals surface area (Å²) >= 11 is 0. The number of para-hydroxylation sites is 3. The van der Waals surface area contributed by atoms with Crippen LogP contribution in [0.15, 0.2) is 54.7 Å². The van der Waals surface area contributed by atoms with E-state index in [2.05, 4.69) is 10.3 Å². The van der Waals surface area contributed by atoms with E-state index in [1.54, 1.807) is 24.3 Å². The molecule has 0 saturated carbocycles. The van der Waals surface area contributed by atoms with E-state index in [9.17, 15) is 14.4 Å². The Kier molecular flexibility index (Phi) is 5.29. The van der Waals surface area contributed by atoms with Crippen molar-refractivity contribution in [3.05, 3.63) is 60.3 Å². The first-order chi connectivity index (χ1) is 14.1. The fraction of sp³-hybridized carbons (Fsp3) is 0.227. The SMILES string of the molecule is O=C1CN(C(=O)COC(=O)CCCc2c[nH]c3ccccc23)c2ccccc2N1. The van der Waals surface area contributed by atoms with Crippen molar-refractivity contribution < 1.29 is 19.1 Å². The summed E-state index contributed by atoms with van der Waals surface area (Å²) in [6, 6.07) is 15.1. The number of H-pyrrole nitrogens is 1. The minimum absolute atomic E-state index is 0.0893. The van der Waals surface area contributed by atoms with Gasteiger partial charge in [-0.25, -0.2) is 0 Å². The fourth-order valence-corrected chi connectivity index (χ4v) is 3.51. The van der Waals surface area contributed by atoms with E-state index in [4.69, 9.17) is 4.74 Å². The molecule has 0 bridgehead atoms. The van der Waals surface area contributed by atoms with Gasteiger partial charge >= 0.3 is 5.97 Å². The Hall–Kier alpha value is -3.61. The van der Waals surface area contributed by atoms with Crippen molar-refractivity contribution in [3.63, 3.8) is 0 Å². The Bertz CT molecular complexity index is 1070. The van der Waals surface area contributed by atoms with Gasteiger partial charge in [0.15, 0.2) is 6.61 Å². The summed E-state index contributed by atoms with van der Waals surface area (Å²) < 4.78 is 5.14. The molecule has 0 saturated heterocycles. The van der Waals surface area contributed by atoms with Gasteiger partial charge in [0.25, 0.3) is 5.91 Å². The molecule has 3 aromatic rings. The third-order valence-corrected chi connectivity index (χ3v) is 4.93. The van der Waals surface area contributed by atoms with Crippen LogP contribution in [-0.4, -0.2) is 35.9 Å². The van der Waals surface area contributed by atoms with Crippen molar-refractivity contribution >= 4 is 40.1 Å². The second kappa shape index (κ2) is 8.18. The largest absolute Gasteiger partial charge is 0.456 e. The van der Waals surface area contributed by atoms with Gasteiger partial charge < -0.3 is 15.0 Å². The van der Waals surface area contributed by atoms with Gasteiger partial charge in [0, 0.05) is 23.5 Å². The average Bonchev–Trinajstić information content (AvgIpc) is 3.14. The molecule has 0 radical (unpaired) electrons. The molecule has 0 unspecified atom stereocenters. The molecule has 2 heterocycles. The molecular formula is C22H21N3O4. The number of nitrogens with zero attached hydrogens (tertiary/aromatic N) is 1. The number of aromatic amines is 1. The van der Waals surface area contributed by atoms with Crippen LogP contribution < -0.4 is 10.2 Å². The number of hydrogen-bond donors (Lipinski definition) is 2. The molecule has 0 atom stereocenters. The molecule has 148 valence electrons. The molecule has 7 nitrogen and oxygen atoms in total. The molecule has 0 fully saturated rings. The molecule has 7 heteroatoms. The normalized spacial score (nSPS) is 13.1. The van der Waals surface area contributed by atoms with Gasteiger partial charge in [-0.2, -0.15) is 0 Å². The lowest BCUT2D eigenvalue weighted by molar-refractivity contribution is -0.147. The maximum Gasteiger partial charge on any atom is 0.306 e. The van der Waals surface area contributed by atoms with Gasteiger partial charge in [0.1, 0.15) is 6.54 Å². The van der Waals surface area contributed by atoms with E-state index >= 15 is 0 Å². The fourth-order valence-electron chi connectivity index (χ4n) is 3.51. The van der Waals surface area contributed by atoms with Crippen LogP contribution in [0.2, 0.25) is 0 Å². The van der Waals surface area contributed by atoms with E-state index in [1.807, 2.05) is 30.5 Å². The van der Waals surface area contributed by atoms with Gasteiger partial charge in [-0.05, 0) is 36.6 Å². The van der Waals surface area contributed by atoms with Gasteiger partial charge in [-0.3, -0.25) is 19.3 Å². The van der Waals surface area contributed by atoms with Crippen LogP contribution in [0.5, 0.6) is 0 Å². The Morgan fingerprint density at radius 3 is 2.76 bits per heavy atom. The monoisotopic (exact) mass is 391 g/mol. The number of amides is 2. The van der Waals surface area contributed by atoms with Crippen LogP contribution >= 0.6 is 0 Å². The molecule has 1 aliphatic heterocycles. The number of carbonyl (C=O) groups is 3. The Balaban J connectivity index is 1.27. The van der Waals surface area contributed by atoms with Crippen molar-refractivity contribution in [3.8, 4) is 0 Å². The number of benzene rings is 2. The standard InChI is InChI=1S/C22H21N3O4/c26-20-13-25(19-10-4-3-9-18(19)24-20)21(27)14-29-22(28)11-5-6-15-12-23-17-8-2-1-7-16(15)17/h1-4,7-10,12,23H,5-6,11,13-14H2,(H,24,26). The Morgan fingerprint density at radius 1 is 1.07 bits per heavy atom. The summed E-state index contributed by atoms with van der Waals surface area (Å²) in [5.74, 6) is -1.12. The Morgan fingerprint density at radius 2 is 1.86 bits per heavy atom. The molecule has 0 spiro atoms. The maximum atomic E-state index is 12.5. The predicted octanol–water partition coefficient (Wildman–Crippen LogP) is 3.02. The lowest BCUT2D eigenvalue weighted by atomic mass is 10.1. The number of carbonyl (C=O) groups excluding carboxylic acids is 3. The second-order valence-corrected chi connectivity index (χ2v) is 6.92. The van der Waals surface area contributed by atoms with Crippen LogP contribution in [0, 0.1) is 0 Å². The van der Waals surface area contributed by atoms with Crippen LogP contribution in [0.25, 0.3) is 10.9 Å². The topological polar surface area (TPSA) is 91.5 Å². The third-order valence-electron chi connectivity index (χ3n) is 4.93. The number of rotatable bonds is 6. The molecule has 2 amide bonds. The highest BCUT2D eigenvalue weighted by molar-refractivity contribution is 6.10. The second-order valence-electron chi connectivity index (χ2n) is 6.92. The Labute approximate surface area is 167 Å². The van der Waals surface area contributed by atoms with Crippen LogP contribution in [0.1, 0.15) is 18.4 Å². The molecule has 1 aromatic heterocycles. The van der Waals surface area contributed by atoms with Crippen LogP contribution in [0.3, 0.4) is 0 Å². The van der Waals surface area contributed by atoms with Crippen molar-refractivity contribution in [2.75, 3.05) is 23.4 Å². The first-order valence-corrected chi connectivity index (χ1v) is 9.51. The van der Waals surface area contributed by atoms with Gasteiger partial charge in [-0.1, -0.05) is 30.3 Å². The van der Waals surface area contributed by atoms with Crippen molar-refractivity contribution in [1.29, 1.82) is 0 Å². The number of aryl methyl sites for hydroxylation is 1. The molecular weight excluding hydrogens is 370 g/mol. The molecule has 1 aliphatic rings. The lowest BCUT2D eigenvalue weighted by Gasteiger charge is -2.28. The van der Waals surface area contributed by atoms with Crippen LogP contribution in [0.4, 0.5) is 11.4 Å². The van der Waals surface area contributed by atoms with E-state index in [1.165, 1.54) is 4.90 Å². The zero-order valence-electron chi connectivity index (χ0n) is 15.8. The number of fused-ring (bicyclic) bond motifs is 2. The highest BCUT2D eigenvalue weighted by atomic mass is 16.5. The van der Waals surface area contributed by atoms with E-state index in [0.717, 1.165) is 22.9 Å². The zero-order valence-corrected chi connectivity index (χ0v) is 15.8. The summed E-state index contributed by atoms with van der Waals surface area (Å²) in [5.41, 5.74) is 3.40. The van der Waals surface area contributed by atoms with Crippen LogP contribution in [-0.2, 0) is 25.5 Å². The molecule has 2 N–H and O–H groups in total. The van der Waals surface area contributed by atoms with E-state index in [-0.39, 0.29) is 25.5 Å². The predicted molar refractivity (Wildman–Crippen MR) is 110 cm³/mol. The van der Waals surface area contributed by atoms with Gasteiger partial charge in [0.05, 0.1) is 11.4 Å². The molecule has 29 heavy (non-hydrogen) atoms. The number of hydrogen-bond acceptors (Lipinski definition) is 4. The smallest absolute Gasteiger partial charge is 0.306 e. The minimum atomic E-state index is -0.423. The molecule has 4 rings (SSSR count). The first kappa shape index (κ1) is 18.7. The summed E-state index contributed by atoms with van der Waals surface area (Å²) in [6.45, 7) is -0.471. The van der Waals surface area contributed by atoms with Crippen molar-refractivity contribution in [2.45, 2.75) is 19.3 Å². The highest BCUT2D eigenvalue weighted by Gasteiger charge is 2.27. The number of nitrogens with one attached hydrogen (secondary N) is 2. The number of ether oxygens (including phenoxy) is 1. The summed E-state index contributed by atoms with van der Waals surface area (Å²) in [5, 5.41) is 3.87. The molecule has 0 aliphatic carbocycles. The zero-order chi connectivity index (χ0) is 20.2. The number of anilines is 2. The third kappa shape index (κ3) is 4.13. The number of esters is 1. The van der Waals surface area contributed by atoms with Crippen molar-refractivity contribution in [2.24, 2.45) is 0 Å². The minimum Gasteiger partial charge on any atom is -0.456 e. The average molecular weight is 391 g/mol. The van der Waals surface area contributed by atoms with Gasteiger partial charge in [0.2, 0.25) is 5.91 Å². The van der Waals surface area contributed by atoms with E-state index < -0.39 is 11.9 Å². The highest BCUT2D eigenvalue weighted by Crippen LogP contribution is 2.28. The summed E-state index contributed by atoms with van der Waals surface area (Å²) in [4.78, 5) is 40.9. The summed E-state index contributed by atoms with van der Waals surface area (Å²) in [7, 11) is 0. The van der Waals surface area contributed by atoms with E-state index in [0.29, 0.717) is 17.8 Å². The lowest BCUT2D eigenvalue weighted by Crippen LogP contribution is -2.44. The first-order valence-electron chi connectivity index (χ1n) is 9.51. The molecule has 2 aromatic carbocycles. The summed E-state index contributed by atoms with van der Waals surface area (Å²) in [6.07, 6.45) is 3.55.